The van der Waals surface area contributed by atoms with E-state index >= 15 is 0 Å². The van der Waals surface area contributed by atoms with Crippen LogP contribution in [-0.4, -0.2) is 37.6 Å². The molecule has 0 amide bonds. The second-order valence-corrected chi connectivity index (χ2v) is 7.78. The quantitative estimate of drug-likeness (QED) is 0.139. The molecule has 0 aromatic rings. The summed E-state index contributed by atoms with van der Waals surface area (Å²) in [6.45, 7) is 10.8. The van der Waals surface area contributed by atoms with E-state index in [2.05, 4.69) is 18.9 Å². The van der Waals surface area contributed by atoms with E-state index in [0.29, 0.717) is 13.2 Å². The maximum atomic E-state index is 5.80. The van der Waals surface area contributed by atoms with Crippen molar-refractivity contribution in [3.8, 4) is 0 Å². The number of hydrogen-bond acceptors (Lipinski definition) is 3. The highest BCUT2D eigenvalue weighted by molar-refractivity contribution is 8.93. The average molecular weight is 453 g/mol. The second-order valence-electron chi connectivity index (χ2n) is 7.78. The summed E-state index contributed by atoms with van der Waals surface area (Å²) in [5.74, 6) is -0.569. The Morgan fingerprint density at radius 3 is 1.26 bits per heavy atom. The zero-order chi connectivity index (χ0) is 19.5. The molecule has 0 unspecified atom stereocenters. The lowest BCUT2D eigenvalue weighted by molar-refractivity contribution is -0.298. The van der Waals surface area contributed by atoms with Crippen molar-refractivity contribution in [1.29, 1.82) is 0 Å². The van der Waals surface area contributed by atoms with E-state index in [9.17, 15) is 0 Å². The van der Waals surface area contributed by atoms with Crippen molar-refractivity contribution >= 4 is 17.0 Å². The summed E-state index contributed by atoms with van der Waals surface area (Å²) in [6.07, 6.45) is 19.6. The molecule has 0 atom stereocenters. The van der Waals surface area contributed by atoms with E-state index in [-0.39, 0.29) is 17.0 Å². The lowest BCUT2D eigenvalue weighted by Crippen LogP contribution is -2.49. The fourth-order valence-corrected chi connectivity index (χ4v) is 3.54. The molecular weight excluding hydrogens is 402 g/mol. The number of ether oxygens (including phenoxy) is 2. The van der Waals surface area contributed by atoms with Crippen molar-refractivity contribution < 1.29 is 9.47 Å². The molecule has 0 bridgehead atoms. The minimum atomic E-state index is -0.569. The Hall–Kier alpha value is 0.360. The lowest BCUT2D eigenvalue weighted by atomic mass is 10.0. The summed E-state index contributed by atoms with van der Waals surface area (Å²) >= 11 is 0. The maximum Gasteiger partial charge on any atom is 0.226 e. The molecule has 0 aliphatic heterocycles. The van der Waals surface area contributed by atoms with Gasteiger partial charge in [-0.25, -0.2) is 0 Å². The smallest absolute Gasteiger partial charge is 0.226 e. The predicted octanol–water partition coefficient (Wildman–Crippen LogP) is 7.72. The third-order valence-corrected chi connectivity index (χ3v) is 5.36. The van der Waals surface area contributed by atoms with Gasteiger partial charge >= 0.3 is 0 Å². The van der Waals surface area contributed by atoms with E-state index in [1.807, 2.05) is 20.8 Å². The van der Waals surface area contributed by atoms with Gasteiger partial charge in [0, 0.05) is 26.7 Å². The molecule has 3 nitrogen and oxygen atoms in total. The Morgan fingerprint density at radius 2 is 0.926 bits per heavy atom. The van der Waals surface area contributed by atoms with Crippen LogP contribution in [0.1, 0.15) is 118 Å². The van der Waals surface area contributed by atoms with E-state index in [4.69, 9.17) is 9.47 Å². The van der Waals surface area contributed by atoms with Crippen LogP contribution in [0.15, 0.2) is 0 Å². The normalized spacial score (nSPS) is 11.8. The third kappa shape index (κ3) is 17.0. The largest absolute Gasteiger partial charge is 0.338 e. The zero-order valence-corrected chi connectivity index (χ0v) is 20.9. The highest BCUT2D eigenvalue weighted by atomic mass is 79.9. The fourth-order valence-electron chi connectivity index (χ4n) is 3.54. The molecule has 27 heavy (non-hydrogen) atoms. The van der Waals surface area contributed by atoms with Gasteiger partial charge in [0.15, 0.2) is 0 Å². The van der Waals surface area contributed by atoms with Gasteiger partial charge in [0.25, 0.3) is 0 Å². The summed E-state index contributed by atoms with van der Waals surface area (Å²) in [7, 11) is 2.10. The van der Waals surface area contributed by atoms with Gasteiger partial charge in [0.2, 0.25) is 5.91 Å². The summed E-state index contributed by atoms with van der Waals surface area (Å²) in [6, 6.07) is 0. The summed E-state index contributed by atoms with van der Waals surface area (Å²) in [5, 5.41) is 0. The number of unbranched alkanes of at least 4 members (excludes halogenated alkanes) is 13. The van der Waals surface area contributed by atoms with Crippen LogP contribution in [0.2, 0.25) is 0 Å². The highest BCUT2D eigenvalue weighted by Gasteiger charge is 2.29. The van der Waals surface area contributed by atoms with Crippen LogP contribution in [-0.2, 0) is 9.47 Å². The molecule has 166 valence electrons. The SMILES string of the molecule is Br.CCCCCCCCCCCCCCCCN(C)C(C)(OCC)OCC. The molecule has 0 spiro atoms. The van der Waals surface area contributed by atoms with E-state index < -0.39 is 5.91 Å². The minimum Gasteiger partial charge on any atom is -0.338 e. The number of rotatable bonds is 20. The Balaban J connectivity index is 0. The van der Waals surface area contributed by atoms with E-state index in [1.54, 1.807) is 0 Å². The van der Waals surface area contributed by atoms with Crippen LogP contribution >= 0.6 is 17.0 Å². The van der Waals surface area contributed by atoms with Gasteiger partial charge in [-0.15, -0.1) is 17.0 Å². The van der Waals surface area contributed by atoms with Crippen molar-refractivity contribution in [3.63, 3.8) is 0 Å². The van der Waals surface area contributed by atoms with Gasteiger partial charge in [0.05, 0.1) is 0 Å². The first-order valence-corrected chi connectivity index (χ1v) is 11.6. The Bertz CT molecular complexity index is 284. The molecule has 4 heteroatoms. The first-order valence-electron chi connectivity index (χ1n) is 11.6. The lowest BCUT2D eigenvalue weighted by Gasteiger charge is -2.37. The summed E-state index contributed by atoms with van der Waals surface area (Å²) in [5.41, 5.74) is 0. The molecule has 0 aliphatic carbocycles. The first kappa shape index (κ1) is 29.6. The van der Waals surface area contributed by atoms with Crippen molar-refractivity contribution in [2.75, 3.05) is 26.8 Å². The molecule has 0 aromatic heterocycles. The standard InChI is InChI=1S/C23H49NO2.BrH/c1-6-9-10-11-12-13-14-15-16-17-18-19-20-21-22-24(5)23(4,25-7-2)26-8-3;/h6-22H2,1-5H3;1H. The van der Waals surface area contributed by atoms with E-state index in [0.717, 1.165) is 6.54 Å². The Labute approximate surface area is 181 Å². The molecular formula is C23H50BrNO2. The van der Waals surface area contributed by atoms with Crippen molar-refractivity contribution in [2.24, 2.45) is 0 Å². The molecule has 0 N–H and O–H groups in total. The second kappa shape index (κ2) is 21.1. The number of nitrogens with zero attached hydrogens (tertiary/aromatic N) is 1. The van der Waals surface area contributed by atoms with Crippen LogP contribution in [0.3, 0.4) is 0 Å². The van der Waals surface area contributed by atoms with E-state index in [1.165, 1.54) is 89.9 Å². The van der Waals surface area contributed by atoms with Gasteiger partial charge in [-0.1, -0.05) is 90.4 Å². The van der Waals surface area contributed by atoms with Crippen molar-refractivity contribution in [1.82, 2.24) is 4.90 Å². The van der Waals surface area contributed by atoms with Gasteiger partial charge in [-0.05, 0) is 27.3 Å². The number of halogens is 1. The minimum absolute atomic E-state index is 0. The Morgan fingerprint density at radius 1 is 0.593 bits per heavy atom. The topological polar surface area (TPSA) is 21.7 Å². The van der Waals surface area contributed by atoms with Gasteiger partial charge in [-0.2, -0.15) is 0 Å². The zero-order valence-electron chi connectivity index (χ0n) is 19.2. The highest BCUT2D eigenvalue weighted by Crippen LogP contribution is 2.18. The van der Waals surface area contributed by atoms with Gasteiger partial charge in [-0.3, -0.25) is 4.90 Å². The monoisotopic (exact) mass is 451 g/mol. The molecule has 0 heterocycles. The average Bonchev–Trinajstić information content (AvgIpc) is 2.62. The molecule has 0 fully saturated rings. The first-order chi connectivity index (χ1) is 12.6. The summed E-state index contributed by atoms with van der Waals surface area (Å²) in [4.78, 5) is 2.21. The van der Waals surface area contributed by atoms with Crippen LogP contribution in [0.4, 0.5) is 0 Å². The summed E-state index contributed by atoms with van der Waals surface area (Å²) < 4.78 is 11.6. The Kier molecular flexibility index (Phi) is 23.1. The number of hydrogen-bond donors (Lipinski definition) is 0. The predicted molar refractivity (Wildman–Crippen MR) is 125 cm³/mol. The third-order valence-electron chi connectivity index (χ3n) is 5.36. The molecule has 0 rings (SSSR count). The van der Waals surface area contributed by atoms with Crippen LogP contribution < -0.4 is 0 Å². The molecule has 0 saturated carbocycles. The molecule has 0 saturated heterocycles. The van der Waals surface area contributed by atoms with Crippen LogP contribution in [0.25, 0.3) is 0 Å². The van der Waals surface area contributed by atoms with Gasteiger partial charge < -0.3 is 9.47 Å². The molecule has 0 aliphatic rings. The fraction of sp³-hybridized carbons (Fsp3) is 1.00. The van der Waals surface area contributed by atoms with Crippen LogP contribution in [0.5, 0.6) is 0 Å². The molecule has 0 radical (unpaired) electrons. The van der Waals surface area contributed by atoms with Crippen molar-refractivity contribution in [2.45, 2.75) is 123 Å². The van der Waals surface area contributed by atoms with Crippen molar-refractivity contribution in [3.05, 3.63) is 0 Å². The maximum absolute atomic E-state index is 5.80. The molecule has 0 aromatic carbocycles. The van der Waals surface area contributed by atoms with Crippen LogP contribution in [0, 0.1) is 0 Å². The van der Waals surface area contributed by atoms with Gasteiger partial charge in [0.1, 0.15) is 0 Å².